The fourth-order valence-corrected chi connectivity index (χ4v) is 2.13. The summed E-state index contributed by atoms with van der Waals surface area (Å²) in [6.07, 6.45) is 3.01. The lowest BCUT2D eigenvalue weighted by atomic mass is 10.1. The Morgan fingerprint density at radius 3 is 2.90 bits per heavy atom. The van der Waals surface area contributed by atoms with Gasteiger partial charge in [0.25, 0.3) is 0 Å². The average Bonchev–Trinajstić information content (AvgIpc) is 2.89. The van der Waals surface area contributed by atoms with Gasteiger partial charge in [-0.3, -0.25) is 0 Å². The molecule has 0 amide bonds. The molecule has 0 atom stereocenters. The highest BCUT2D eigenvalue weighted by molar-refractivity contribution is 5.35. The van der Waals surface area contributed by atoms with Crippen LogP contribution in [0.25, 0.3) is 0 Å². The Morgan fingerprint density at radius 1 is 1.30 bits per heavy atom. The fraction of sp³-hybridized carbons (Fsp3) is 0.312. The van der Waals surface area contributed by atoms with Crippen LogP contribution in [0.3, 0.4) is 0 Å². The lowest BCUT2D eigenvalue weighted by Crippen LogP contribution is -2.17. The molecule has 0 aliphatic heterocycles. The van der Waals surface area contributed by atoms with Gasteiger partial charge in [-0.1, -0.05) is 19.1 Å². The van der Waals surface area contributed by atoms with E-state index in [4.69, 9.17) is 5.26 Å². The minimum absolute atomic E-state index is 0.0975. The first-order valence-corrected chi connectivity index (χ1v) is 6.78. The minimum atomic E-state index is -0.420. The maximum atomic E-state index is 14.1. The first-order chi connectivity index (χ1) is 9.76. The molecule has 0 bridgehead atoms. The van der Waals surface area contributed by atoms with E-state index in [1.165, 1.54) is 6.07 Å². The van der Waals surface area contributed by atoms with Gasteiger partial charge in [-0.25, -0.2) is 4.39 Å². The summed E-state index contributed by atoms with van der Waals surface area (Å²) >= 11 is 0. The highest BCUT2D eigenvalue weighted by Gasteiger charge is 2.09. The van der Waals surface area contributed by atoms with E-state index >= 15 is 0 Å². The number of benzene rings is 1. The summed E-state index contributed by atoms with van der Waals surface area (Å²) in [6, 6.07) is 10.8. The third-order valence-corrected chi connectivity index (χ3v) is 3.20. The summed E-state index contributed by atoms with van der Waals surface area (Å²) < 4.78 is 16.1. The van der Waals surface area contributed by atoms with Crippen LogP contribution in [0.15, 0.2) is 36.5 Å². The predicted molar refractivity (Wildman–Crippen MR) is 76.6 cm³/mol. The molecule has 104 valence electrons. The molecule has 0 fully saturated rings. The first-order valence-electron chi connectivity index (χ1n) is 6.78. The highest BCUT2D eigenvalue weighted by Crippen LogP contribution is 2.15. The third kappa shape index (κ3) is 3.25. The first kappa shape index (κ1) is 14.3. The van der Waals surface area contributed by atoms with E-state index < -0.39 is 5.82 Å². The Balaban J connectivity index is 2.15. The molecule has 0 aliphatic rings. The van der Waals surface area contributed by atoms with E-state index in [1.807, 2.05) is 29.0 Å². The van der Waals surface area contributed by atoms with Crippen LogP contribution in [0.4, 0.5) is 4.39 Å². The summed E-state index contributed by atoms with van der Waals surface area (Å²) in [6.45, 7) is 4.29. The number of hydrogen-bond acceptors (Lipinski definition) is 2. The van der Waals surface area contributed by atoms with E-state index in [1.54, 1.807) is 12.1 Å². The van der Waals surface area contributed by atoms with Gasteiger partial charge in [0.1, 0.15) is 11.9 Å². The number of halogens is 1. The molecule has 2 rings (SSSR count). The second-order valence-corrected chi connectivity index (χ2v) is 4.69. The summed E-state index contributed by atoms with van der Waals surface area (Å²) in [5, 5.41) is 12.2. The molecule has 4 heteroatoms. The Morgan fingerprint density at radius 2 is 2.15 bits per heavy atom. The minimum Gasteiger partial charge on any atom is -0.346 e. The standard InChI is InChI=1S/C16H18FN3/c1-2-8-19-11-15-7-4-9-20(15)12-14-6-3-5-13(10-18)16(14)17/h3-7,9,19H,2,8,11-12H2,1H3. The van der Waals surface area contributed by atoms with Crippen LogP contribution in [0.1, 0.15) is 30.2 Å². The van der Waals surface area contributed by atoms with E-state index in [-0.39, 0.29) is 5.56 Å². The molecule has 0 aliphatic carbocycles. The molecule has 0 saturated heterocycles. The maximum absolute atomic E-state index is 14.1. The molecule has 3 nitrogen and oxygen atoms in total. The van der Waals surface area contributed by atoms with Crippen molar-refractivity contribution in [1.29, 1.82) is 5.26 Å². The predicted octanol–water partition coefficient (Wildman–Crippen LogP) is 3.05. The van der Waals surface area contributed by atoms with Crippen LogP contribution in [0.5, 0.6) is 0 Å². The third-order valence-electron chi connectivity index (χ3n) is 3.20. The molecule has 0 radical (unpaired) electrons. The number of aromatic nitrogens is 1. The van der Waals surface area contributed by atoms with Crippen molar-refractivity contribution >= 4 is 0 Å². The van der Waals surface area contributed by atoms with E-state index in [2.05, 4.69) is 12.2 Å². The van der Waals surface area contributed by atoms with Crippen molar-refractivity contribution in [3.8, 4) is 6.07 Å². The lowest BCUT2D eigenvalue weighted by Gasteiger charge is -2.11. The fourth-order valence-electron chi connectivity index (χ4n) is 2.13. The van der Waals surface area contributed by atoms with Gasteiger partial charge in [-0.05, 0) is 31.2 Å². The number of rotatable bonds is 6. The van der Waals surface area contributed by atoms with E-state index in [9.17, 15) is 4.39 Å². The van der Waals surface area contributed by atoms with Gasteiger partial charge in [0.2, 0.25) is 0 Å². The molecule has 1 heterocycles. The Hall–Kier alpha value is -2.12. The van der Waals surface area contributed by atoms with E-state index in [0.717, 1.165) is 25.2 Å². The maximum Gasteiger partial charge on any atom is 0.145 e. The number of nitriles is 1. The average molecular weight is 271 g/mol. The number of hydrogen-bond donors (Lipinski definition) is 1. The van der Waals surface area contributed by atoms with Gasteiger partial charge in [0, 0.05) is 24.0 Å². The molecule has 2 aromatic rings. The Labute approximate surface area is 118 Å². The Kier molecular flexibility index (Phi) is 4.91. The lowest BCUT2D eigenvalue weighted by molar-refractivity contribution is 0.584. The quantitative estimate of drug-likeness (QED) is 0.820. The Bertz CT molecular complexity index is 610. The van der Waals surface area contributed by atoms with Crippen molar-refractivity contribution in [2.24, 2.45) is 0 Å². The smallest absolute Gasteiger partial charge is 0.145 e. The van der Waals surface area contributed by atoms with Crippen molar-refractivity contribution < 1.29 is 4.39 Å². The van der Waals surface area contributed by atoms with Crippen LogP contribution in [-0.4, -0.2) is 11.1 Å². The van der Waals surface area contributed by atoms with Crippen molar-refractivity contribution in [1.82, 2.24) is 9.88 Å². The van der Waals surface area contributed by atoms with Crippen LogP contribution in [-0.2, 0) is 13.1 Å². The van der Waals surface area contributed by atoms with Crippen LogP contribution >= 0.6 is 0 Å². The number of nitrogens with zero attached hydrogens (tertiary/aromatic N) is 2. The summed E-state index contributed by atoms with van der Waals surface area (Å²) in [7, 11) is 0. The molecule has 0 spiro atoms. The normalized spacial score (nSPS) is 10.4. The second kappa shape index (κ2) is 6.88. The van der Waals surface area contributed by atoms with Gasteiger partial charge in [0.05, 0.1) is 12.1 Å². The zero-order chi connectivity index (χ0) is 14.4. The zero-order valence-electron chi connectivity index (χ0n) is 11.6. The summed E-state index contributed by atoms with van der Waals surface area (Å²) in [5.74, 6) is -0.420. The van der Waals surface area contributed by atoms with Crippen molar-refractivity contribution in [3.05, 3.63) is 59.2 Å². The van der Waals surface area contributed by atoms with Gasteiger partial charge < -0.3 is 9.88 Å². The topological polar surface area (TPSA) is 40.8 Å². The molecule has 0 unspecified atom stereocenters. The molecule has 1 aromatic heterocycles. The van der Waals surface area contributed by atoms with Crippen LogP contribution < -0.4 is 5.32 Å². The van der Waals surface area contributed by atoms with Gasteiger partial charge in [-0.2, -0.15) is 5.26 Å². The van der Waals surface area contributed by atoms with Gasteiger partial charge in [-0.15, -0.1) is 0 Å². The van der Waals surface area contributed by atoms with Gasteiger partial charge in [0.15, 0.2) is 0 Å². The summed E-state index contributed by atoms with van der Waals surface area (Å²) in [5.41, 5.74) is 1.75. The molecular weight excluding hydrogens is 253 g/mol. The summed E-state index contributed by atoms with van der Waals surface area (Å²) in [4.78, 5) is 0. The van der Waals surface area contributed by atoms with E-state index in [0.29, 0.717) is 12.1 Å². The van der Waals surface area contributed by atoms with Crippen molar-refractivity contribution in [3.63, 3.8) is 0 Å². The molecule has 20 heavy (non-hydrogen) atoms. The number of nitrogens with one attached hydrogen (secondary N) is 1. The monoisotopic (exact) mass is 271 g/mol. The molecule has 1 aromatic carbocycles. The second-order valence-electron chi connectivity index (χ2n) is 4.69. The largest absolute Gasteiger partial charge is 0.346 e. The molecular formula is C16H18FN3. The van der Waals surface area contributed by atoms with Crippen LogP contribution in [0, 0.1) is 17.1 Å². The highest BCUT2D eigenvalue weighted by atomic mass is 19.1. The van der Waals surface area contributed by atoms with Crippen LogP contribution in [0.2, 0.25) is 0 Å². The molecule has 0 saturated carbocycles. The SMILES string of the molecule is CCCNCc1cccn1Cc1cccc(C#N)c1F. The molecule has 1 N–H and O–H groups in total. The van der Waals surface area contributed by atoms with Crippen molar-refractivity contribution in [2.45, 2.75) is 26.4 Å². The van der Waals surface area contributed by atoms with Gasteiger partial charge >= 0.3 is 0 Å². The van der Waals surface area contributed by atoms with Crippen molar-refractivity contribution in [2.75, 3.05) is 6.54 Å². The zero-order valence-corrected chi connectivity index (χ0v) is 11.6.